The highest BCUT2D eigenvalue weighted by atomic mass is 16.5. The summed E-state index contributed by atoms with van der Waals surface area (Å²) >= 11 is 0. The molecule has 2 aromatic heterocycles. The lowest BCUT2D eigenvalue weighted by Crippen LogP contribution is -2.29. The normalized spacial score (nSPS) is 13.4. The number of hydrogen-bond acceptors (Lipinski definition) is 6. The first-order valence-corrected chi connectivity index (χ1v) is 7.76. The van der Waals surface area contributed by atoms with Gasteiger partial charge in [-0.3, -0.25) is 4.40 Å². The molecule has 0 spiro atoms. The largest absolute Gasteiger partial charge is 0.490 e. The van der Waals surface area contributed by atoms with Gasteiger partial charge in [0.05, 0.1) is 24.9 Å². The van der Waals surface area contributed by atoms with Crippen molar-refractivity contribution in [1.29, 1.82) is 0 Å². The van der Waals surface area contributed by atoms with Gasteiger partial charge < -0.3 is 14.4 Å². The zero-order valence-corrected chi connectivity index (χ0v) is 13.8. The van der Waals surface area contributed by atoms with Gasteiger partial charge in [-0.25, -0.2) is 14.3 Å². The van der Waals surface area contributed by atoms with Gasteiger partial charge in [-0.1, -0.05) is 0 Å². The fourth-order valence-electron chi connectivity index (χ4n) is 2.97. The Morgan fingerprint density at radius 1 is 1.28 bits per heavy atom. The second-order valence-electron chi connectivity index (χ2n) is 5.69. The van der Waals surface area contributed by atoms with Crippen LogP contribution in [0.1, 0.15) is 10.4 Å². The molecule has 1 aliphatic rings. The number of pyridine rings is 1. The molecule has 0 saturated heterocycles. The van der Waals surface area contributed by atoms with Crippen molar-refractivity contribution in [3.63, 3.8) is 0 Å². The molecule has 0 N–H and O–H groups in total. The Balaban J connectivity index is 1.78. The van der Waals surface area contributed by atoms with Crippen molar-refractivity contribution < 1.29 is 14.3 Å². The van der Waals surface area contributed by atoms with Crippen molar-refractivity contribution in [2.45, 2.75) is 0 Å². The lowest BCUT2D eigenvalue weighted by molar-refractivity contribution is 0.0600. The molecular weight excluding hydrogens is 324 g/mol. The Morgan fingerprint density at radius 3 is 2.92 bits per heavy atom. The van der Waals surface area contributed by atoms with Crippen molar-refractivity contribution in [3.05, 3.63) is 52.6 Å². The van der Waals surface area contributed by atoms with Gasteiger partial charge in [0.25, 0.3) is 0 Å². The van der Waals surface area contributed by atoms with E-state index in [9.17, 15) is 9.59 Å². The first-order chi connectivity index (χ1) is 12.1. The molecule has 0 atom stereocenters. The lowest BCUT2D eigenvalue weighted by Gasteiger charge is -2.31. The molecule has 3 heterocycles. The minimum atomic E-state index is -0.405. The van der Waals surface area contributed by atoms with E-state index in [1.807, 2.05) is 18.2 Å². The van der Waals surface area contributed by atoms with Crippen LogP contribution in [0.5, 0.6) is 5.75 Å². The third kappa shape index (κ3) is 2.42. The van der Waals surface area contributed by atoms with Gasteiger partial charge in [0, 0.05) is 25.0 Å². The molecule has 8 nitrogen and oxygen atoms in total. The molecule has 4 rings (SSSR count). The summed E-state index contributed by atoms with van der Waals surface area (Å²) in [6, 6.07) is 8.92. The average molecular weight is 340 g/mol. The SMILES string of the molecule is COC(=O)c1ccc2c(c1)OCCN2c1ccn2c(=O)n(C)nc2c1. The molecule has 1 aromatic carbocycles. The number of anilines is 2. The first kappa shape index (κ1) is 15.3. The van der Waals surface area contributed by atoms with Crippen molar-refractivity contribution in [2.75, 3.05) is 25.2 Å². The fraction of sp³-hybridized carbons (Fsp3) is 0.235. The number of nitrogens with zero attached hydrogens (tertiary/aromatic N) is 4. The van der Waals surface area contributed by atoms with E-state index in [-0.39, 0.29) is 5.69 Å². The minimum Gasteiger partial charge on any atom is -0.490 e. The number of hydrogen-bond donors (Lipinski definition) is 0. The van der Waals surface area contributed by atoms with Gasteiger partial charge in [-0.05, 0) is 24.3 Å². The highest BCUT2D eigenvalue weighted by Crippen LogP contribution is 2.37. The van der Waals surface area contributed by atoms with Crippen molar-refractivity contribution >= 4 is 23.0 Å². The summed E-state index contributed by atoms with van der Waals surface area (Å²) in [7, 11) is 2.96. The van der Waals surface area contributed by atoms with Crippen LogP contribution >= 0.6 is 0 Å². The highest BCUT2D eigenvalue weighted by molar-refractivity contribution is 5.91. The van der Waals surface area contributed by atoms with E-state index in [2.05, 4.69) is 10.00 Å². The average Bonchev–Trinajstić information content (AvgIpc) is 2.93. The number of aryl methyl sites for hydroxylation is 1. The number of methoxy groups -OCH3 is 1. The summed E-state index contributed by atoms with van der Waals surface area (Å²) < 4.78 is 13.2. The van der Waals surface area contributed by atoms with E-state index < -0.39 is 5.97 Å². The van der Waals surface area contributed by atoms with Crippen molar-refractivity contribution in [3.8, 4) is 5.75 Å². The molecule has 1 aliphatic heterocycles. The molecule has 0 bridgehead atoms. The van der Waals surface area contributed by atoms with E-state index in [0.717, 1.165) is 11.4 Å². The number of carbonyl (C=O) groups is 1. The number of aromatic nitrogens is 3. The van der Waals surface area contributed by atoms with Crippen LogP contribution in [0.25, 0.3) is 5.65 Å². The number of esters is 1. The number of fused-ring (bicyclic) bond motifs is 2. The first-order valence-electron chi connectivity index (χ1n) is 7.76. The van der Waals surface area contributed by atoms with Crippen LogP contribution in [0.3, 0.4) is 0 Å². The molecule has 128 valence electrons. The monoisotopic (exact) mass is 340 g/mol. The topological polar surface area (TPSA) is 78.1 Å². The van der Waals surface area contributed by atoms with Crippen LogP contribution in [0.15, 0.2) is 41.3 Å². The van der Waals surface area contributed by atoms with E-state index >= 15 is 0 Å². The van der Waals surface area contributed by atoms with E-state index in [1.165, 1.54) is 16.2 Å². The van der Waals surface area contributed by atoms with Crippen molar-refractivity contribution in [2.24, 2.45) is 7.05 Å². The maximum Gasteiger partial charge on any atom is 0.350 e. The number of benzene rings is 1. The third-order valence-electron chi connectivity index (χ3n) is 4.21. The van der Waals surface area contributed by atoms with Gasteiger partial charge in [0.1, 0.15) is 12.4 Å². The molecular formula is C17H16N4O4. The van der Waals surface area contributed by atoms with E-state index in [0.29, 0.717) is 30.1 Å². The Kier molecular flexibility index (Phi) is 3.45. The zero-order chi connectivity index (χ0) is 17.6. The standard InChI is InChI=1S/C17H16N4O4/c1-19-17(23)21-6-5-12(10-15(21)18-19)20-7-8-25-14-9-11(16(22)24-2)3-4-13(14)20/h3-6,9-10H,7-8H2,1-2H3. The van der Waals surface area contributed by atoms with Crippen LogP contribution < -0.4 is 15.3 Å². The summed E-state index contributed by atoms with van der Waals surface area (Å²) in [4.78, 5) is 25.7. The fourth-order valence-corrected chi connectivity index (χ4v) is 2.97. The number of rotatable bonds is 2. The van der Waals surface area contributed by atoms with Crippen LogP contribution in [0.2, 0.25) is 0 Å². The molecule has 8 heteroatoms. The summed E-state index contributed by atoms with van der Waals surface area (Å²) in [6.45, 7) is 1.13. The second-order valence-corrected chi connectivity index (χ2v) is 5.69. The quantitative estimate of drug-likeness (QED) is 0.655. The zero-order valence-electron chi connectivity index (χ0n) is 13.8. The van der Waals surface area contributed by atoms with Gasteiger partial charge in [-0.15, -0.1) is 0 Å². The van der Waals surface area contributed by atoms with Crippen LogP contribution in [-0.4, -0.2) is 40.4 Å². The minimum absolute atomic E-state index is 0.188. The Bertz CT molecular complexity index is 1040. The molecule has 0 fully saturated rings. The van der Waals surface area contributed by atoms with Crippen molar-refractivity contribution in [1.82, 2.24) is 14.2 Å². The molecule has 0 radical (unpaired) electrons. The maximum absolute atomic E-state index is 11.9. The number of carbonyl (C=O) groups excluding carboxylic acids is 1. The third-order valence-corrected chi connectivity index (χ3v) is 4.21. The van der Waals surface area contributed by atoms with E-state index in [4.69, 9.17) is 9.47 Å². The lowest BCUT2D eigenvalue weighted by atomic mass is 10.1. The maximum atomic E-state index is 11.9. The Labute approximate surface area is 142 Å². The smallest absolute Gasteiger partial charge is 0.350 e. The summed E-state index contributed by atoms with van der Waals surface area (Å²) in [5.74, 6) is 0.213. The molecule has 0 saturated carbocycles. The molecule has 0 amide bonds. The summed E-state index contributed by atoms with van der Waals surface area (Å²) in [6.07, 6.45) is 1.71. The summed E-state index contributed by atoms with van der Waals surface area (Å²) in [5, 5.41) is 4.22. The predicted molar refractivity (Wildman–Crippen MR) is 90.7 cm³/mol. The molecule has 3 aromatic rings. The van der Waals surface area contributed by atoms with Gasteiger partial charge in [0.2, 0.25) is 0 Å². The Morgan fingerprint density at radius 2 is 2.12 bits per heavy atom. The van der Waals surface area contributed by atoms with Gasteiger partial charge >= 0.3 is 11.7 Å². The van der Waals surface area contributed by atoms with E-state index in [1.54, 1.807) is 25.4 Å². The Hall–Kier alpha value is -3.29. The highest BCUT2D eigenvalue weighted by Gasteiger charge is 2.22. The van der Waals surface area contributed by atoms with Gasteiger partial charge in [0.15, 0.2) is 5.65 Å². The van der Waals surface area contributed by atoms with Crippen LogP contribution in [-0.2, 0) is 11.8 Å². The molecule has 0 unspecified atom stereocenters. The molecule has 0 aliphatic carbocycles. The summed E-state index contributed by atoms with van der Waals surface area (Å²) in [5.41, 5.74) is 2.57. The van der Waals surface area contributed by atoms with Gasteiger partial charge in [-0.2, -0.15) is 5.10 Å². The molecule has 25 heavy (non-hydrogen) atoms. The van der Waals surface area contributed by atoms with Crippen LogP contribution in [0.4, 0.5) is 11.4 Å². The van der Waals surface area contributed by atoms with Crippen LogP contribution in [0, 0.1) is 0 Å². The second kappa shape index (κ2) is 5.66. The number of ether oxygens (including phenoxy) is 2. The predicted octanol–water partition coefficient (Wildman–Crippen LogP) is 1.35.